The van der Waals surface area contributed by atoms with Gasteiger partial charge in [0.15, 0.2) is 0 Å². The molecule has 0 atom stereocenters. The van der Waals surface area contributed by atoms with E-state index in [9.17, 15) is 9.59 Å². The number of nitrogens with zero attached hydrogens (tertiary/aromatic N) is 2. The van der Waals surface area contributed by atoms with Gasteiger partial charge in [0.05, 0.1) is 0 Å². The minimum Gasteiger partial charge on any atom is -0.427 e. The molecule has 1 aromatic carbocycles. The number of amides is 1. The van der Waals surface area contributed by atoms with E-state index in [2.05, 4.69) is 14.7 Å². The number of anilines is 1. The summed E-state index contributed by atoms with van der Waals surface area (Å²) in [5, 5.41) is 3.06. The lowest BCUT2D eigenvalue weighted by Gasteiger charge is -2.04. The molecule has 1 N–H and O–H groups in total. The van der Waals surface area contributed by atoms with E-state index in [4.69, 9.17) is 4.74 Å². The average Bonchev–Trinajstić information content (AvgIpc) is 2.74. The molecule has 0 spiro atoms. The van der Waals surface area contributed by atoms with Gasteiger partial charge in [-0.15, -0.1) is 0 Å². The highest BCUT2D eigenvalue weighted by Gasteiger charge is 2.10. The number of rotatable bonds is 3. The van der Waals surface area contributed by atoms with Crippen LogP contribution in [0.1, 0.15) is 23.1 Å². The largest absolute Gasteiger partial charge is 0.427 e. The van der Waals surface area contributed by atoms with Crippen LogP contribution in [0.3, 0.4) is 0 Å². The zero-order chi connectivity index (χ0) is 13.8. The maximum absolute atomic E-state index is 11.9. The van der Waals surface area contributed by atoms with Crippen molar-refractivity contribution in [3.8, 4) is 5.75 Å². The Balaban J connectivity index is 2.12. The predicted octanol–water partition coefficient (Wildman–Crippen LogP) is 2.02. The fourth-order valence-corrected chi connectivity index (χ4v) is 1.95. The van der Waals surface area contributed by atoms with Crippen molar-refractivity contribution in [3.63, 3.8) is 0 Å². The molecule has 2 rings (SSSR count). The molecule has 0 unspecified atom stereocenters. The maximum Gasteiger partial charge on any atom is 0.308 e. The third-order valence-electron chi connectivity index (χ3n) is 2.11. The molecule has 0 aliphatic carbocycles. The molecule has 19 heavy (non-hydrogen) atoms. The SMILES string of the molecule is CC(=O)Oc1cccc(C(=O)Nc2nc(C)ns2)c1. The Kier molecular flexibility index (Phi) is 3.86. The van der Waals surface area contributed by atoms with Crippen LogP contribution < -0.4 is 10.1 Å². The first-order chi connectivity index (χ1) is 9.04. The van der Waals surface area contributed by atoms with Gasteiger partial charge in [-0.05, 0) is 25.1 Å². The molecule has 0 saturated heterocycles. The minimum atomic E-state index is -0.433. The number of hydrogen-bond donors (Lipinski definition) is 1. The molecule has 0 radical (unpaired) electrons. The van der Waals surface area contributed by atoms with Gasteiger partial charge in [0.25, 0.3) is 5.91 Å². The van der Waals surface area contributed by atoms with Crippen LogP contribution in [0.25, 0.3) is 0 Å². The van der Waals surface area contributed by atoms with Gasteiger partial charge in [-0.3, -0.25) is 14.9 Å². The molecule has 0 fully saturated rings. The number of carbonyl (C=O) groups excluding carboxylic acids is 2. The predicted molar refractivity (Wildman–Crippen MR) is 70.4 cm³/mol. The Bertz CT molecular complexity index is 624. The van der Waals surface area contributed by atoms with Crippen LogP contribution in [0.5, 0.6) is 5.75 Å². The van der Waals surface area contributed by atoms with E-state index in [1.165, 1.54) is 13.0 Å². The second kappa shape index (κ2) is 5.57. The zero-order valence-electron chi connectivity index (χ0n) is 10.3. The van der Waals surface area contributed by atoms with Crippen LogP contribution in [-0.4, -0.2) is 21.2 Å². The number of carbonyl (C=O) groups is 2. The van der Waals surface area contributed by atoms with E-state index in [1.807, 2.05) is 0 Å². The van der Waals surface area contributed by atoms with E-state index in [1.54, 1.807) is 25.1 Å². The highest BCUT2D eigenvalue weighted by molar-refractivity contribution is 7.09. The second-order valence-corrected chi connectivity index (χ2v) is 4.47. The van der Waals surface area contributed by atoms with Crippen molar-refractivity contribution < 1.29 is 14.3 Å². The average molecular weight is 277 g/mol. The molecular weight excluding hydrogens is 266 g/mol. The lowest BCUT2D eigenvalue weighted by Crippen LogP contribution is -2.12. The van der Waals surface area contributed by atoms with Crippen molar-refractivity contribution in [1.29, 1.82) is 0 Å². The van der Waals surface area contributed by atoms with Gasteiger partial charge >= 0.3 is 5.97 Å². The zero-order valence-corrected chi connectivity index (χ0v) is 11.2. The standard InChI is InChI=1S/C12H11N3O3S/c1-7-13-12(19-15-7)14-11(17)9-4-3-5-10(6-9)18-8(2)16/h3-6H,1-2H3,(H,13,14,15,17). The van der Waals surface area contributed by atoms with Crippen molar-refractivity contribution >= 4 is 28.5 Å². The molecule has 1 amide bonds. The van der Waals surface area contributed by atoms with E-state index in [0.29, 0.717) is 22.3 Å². The molecule has 0 saturated carbocycles. The molecule has 0 aliphatic rings. The summed E-state index contributed by atoms with van der Waals surface area (Å²) in [4.78, 5) is 26.8. The van der Waals surface area contributed by atoms with E-state index < -0.39 is 5.97 Å². The van der Waals surface area contributed by atoms with Crippen molar-refractivity contribution in [2.24, 2.45) is 0 Å². The molecule has 1 aromatic heterocycles. The van der Waals surface area contributed by atoms with Crippen molar-refractivity contribution in [2.75, 3.05) is 5.32 Å². The van der Waals surface area contributed by atoms with E-state index >= 15 is 0 Å². The lowest BCUT2D eigenvalue weighted by molar-refractivity contribution is -0.131. The van der Waals surface area contributed by atoms with Crippen molar-refractivity contribution in [3.05, 3.63) is 35.7 Å². The Morgan fingerprint density at radius 3 is 2.79 bits per heavy atom. The third kappa shape index (κ3) is 3.59. The van der Waals surface area contributed by atoms with Crippen molar-refractivity contribution in [1.82, 2.24) is 9.36 Å². The molecule has 2 aromatic rings. The second-order valence-electron chi connectivity index (χ2n) is 3.72. The number of esters is 1. The fraction of sp³-hybridized carbons (Fsp3) is 0.167. The van der Waals surface area contributed by atoms with Crippen LogP contribution in [0, 0.1) is 6.92 Å². The highest BCUT2D eigenvalue weighted by Crippen LogP contribution is 2.16. The number of ether oxygens (including phenoxy) is 1. The van der Waals surface area contributed by atoms with Gasteiger partial charge in [0, 0.05) is 24.0 Å². The molecule has 6 nitrogen and oxygen atoms in total. The van der Waals surface area contributed by atoms with Crippen LogP contribution in [0.15, 0.2) is 24.3 Å². The third-order valence-corrected chi connectivity index (χ3v) is 2.83. The highest BCUT2D eigenvalue weighted by atomic mass is 32.1. The summed E-state index contributed by atoms with van der Waals surface area (Å²) in [5.74, 6) is 0.171. The minimum absolute atomic E-state index is 0.327. The van der Waals surface area contributed by atoms with E-state index in [0.717, 1.165) is 11.5 Å². The molecule has 0 aliphatic heterocycles. The number of benzene rings is 1. The van der Waals surface area contributed by atoms with E-state index in [-0.39, 0.29) is 5.91 Å². The number of aryl methyl sites for hydroxylation is 1. The van der Waals surface area contributed by atoms with Gasteiger partial charge in [0.2, 0.25) is 5.13 Å². The summed E-state index contributed by atoms with van der Waals surface area (Å²) in [7, 11) is 0. The summed E-state index contributed by atoms with van der Waals surface area (Å²) in [6.07, 6.45) is 0. The van der Waals surface area contributed by atoms with Crippen LogP contribution in [0.2, 0.25) is 0 Å². The maximum atomic E-state index is 11.9. The smallest absolute Gasteiger partial charge is 0.308 e. The van der Waals surface area contributed by atoms with Crippen LogP contribution in [0.4, 0.5) is 5.13 Å². The fourth-order valence-electron chi connectivity index (χ4n) is 1.38. The van der Waals surface area contributed by atoms with Crippen molar-refractivity contribution in [2.45, 2.75) is 13.8 Å². The first kappa shape index (κ1) is 13.2. The Labute approximate surface area is 113 Å². The quantitative estimate of drug-likeness (QED) is 0.685. The van der Waals surface area contributed by atoms with Crippen LogP contribution >= 0.6 is 11.5 Å². The number of nitrogens with one attached hydrogen (secondary N) is 1. The summed E-state index contributed by atoms with van der Waals surface area (Å²) < 4.78 is 8.88. The van der Waals surface area contributed by atoms with Gasteiger partial charge in [-0.1, -0.05) is 6.07 Å². The Morgan fingerprint density at radius 2 is 2.16 bits per heavy atom. The summed E-state index contributed by atoms with van der Waals surface area (Å²) >= 11 is 1.11. The normalized spacial score (nSPS) is 10.0. The first-order valence-electron chi connectivity index (χ1n) is 5.45. The first-order valence-corrected chi connectivity index (χ1v) is 6.22. The number of aromatic nitrogens is 2. The topological polar surface area (TPSA) is 81.2 Å². The molecular formula is C12H11N3O3S. The summed E-state index contributed by atoms with van der Waals surface area (Å²) in [6, 6.07) is 6.35. The molecule has 98 valence electrons. The Morgan fingerprint density at radius 1 is 1.37 bits per heavy atom. The molecule has 1 heterocycles. The molecule has 7 heteroatoms. The summed E-state index contributed by atoms with van der Waals surface area (Å²) in [5.41, 5.74) is 0.381. The molecule has 0 bridgehead atoms. The summed E-state index contributed by atoms with van der Waals surface area (Å²) in [6.45, 7) is 3.05. The van der Waals surface area contributed by atoms with Gasteiger partial charge in [-0.25, -0.2) is 4.98 Å². The monoisotopic (exact) mass is 277 g/mol. The Hall–Kier alpha value is -2.28. The lowest BCUT2D eigenvalue weighted by atomic mass is 10.2. The van der Waals surface area contributed by atoms with Crippen LogP contribution in [-0.2, 0) is 4.79 Å². The van der Waals surface area contributed by atoms with Gasteiger partial charge in [0.1, 0.15) is 11.6 Å². The number of hydrogen-bond acceptors (Lipinski definition) is 6. The van der Waals surface area contributed by atoms with Gasteiger partial charge < -0.3 is 4.74 Å². The van der Waals surface area contributed by atoms with Gasteiger partial charge in [-0.2, -0.15) is 4.37 Å².